The largest absolute Gasteiger partial charge is 0.417 e. The van der Waals surface area contributed by atoms with Gasteiger partial charge in [0.05, 0.1) is 10.6 Å². The number of aromatic nitrogens is 1. The Morgan fingerprint density at radius 2 is 2.05 bits per heavy atom. The minimum absolute atomic E-state index is 0.0590. The molecular formula is C14H17ClF3N3O. The second-order valence-electron chi connectivity index (χ2n) is 5.41. The zero-order chi connectivity index (χ0) is 16.3. The van der Waals surface area contributed by atoms with E-state index in [1.165, 1.54) is 0 Å². The number of hydrogen-bond donors (Lipinski definition) is 2. The van der Waals surface area contributed by atoms with Crippen LogP contribution in [-0.2, 0) is 11.0 Å². The quantitative estimate of drug-likeness (QED) is 0.883. The number of alkyl halides is 3. The highest BCUT2D eigenvalue weighted by Crippen LogP contribution is 2.32. The summed E-state index contributed by atoms with van der Waals surface area (Å²) in [4.78, 5) is 15.7. The molecule has 1 aliphatic carbocycles. The van der Waals surface area contributed by atoms with Crippen LogP contribution in [0.2, 0.25) is 5.02 Å². The molecule has 0 spiro atoms. The first kappa shape index (κ1) is 16.9. The lowest BCUT2D eigenvalue weighted by Crippen LogP contribution is -2.42. The van der Waals surface area contributed by atoms with Gasteiger partial charge in [-0.1, -0.05) is 24.4 Å². The number of amides is 1. The number of pyridine rings is 1. The molecule has 0 aliphatic heterocycles. The van der Waals surface area contributed by atoms with Gasteiger partial charge in [0, 0.05) is 12.2 Å². The zero-order valence-electron chi connectivity index (χ0n) is 12.0. The molecule has 0 aromatic carbocycles. The minimum atomic E-state index is -4.50. The molecule has 1 aromatic heterocycles. The van der Waals surface area contributed by atoms with E-state index in [9.17, 15) is 18.0 Å². The van der Waals surface area contributed by atoms with Gasteiger partial charge in [-0.15, -0.1) is 0 Å². The predicted octanol–water partition coefficient (Wildman–Crippen LogP) is 3.61. The highest BCUT2D eigenvalue weighted by atomic mass is 35.5. The van der Waals surface area contributed by atoms with Gasteiger partial charge < -0.3 is 10.6 Å². The lowest BCUT2D eigenvalue weighted by molar-refractivity contribution is -0.137. The molecule has 8 heteroatoms. The van der Waals surface area contributed by atoms with Crippen LogP contribution in [0.4, 0.5) is 19.0 Å². The maximum Gasteiger partial charge on any atom is 0.417 e. The summed E-state index contributed by atoms with van der Waals surface area (Å²) in [7, 11) is 0. The van der Waals surface area contributed by atoms with E-state index in [1.54, 1.807) is 6.92 Å². The van der Waals surface area contributed by atoms with Crippen molar-refractivity contribution in [3.63, 3.8) is 0 Å². The first-order valence-electron chi connectivity index (χ1n) is 7.07. The molecule has 1 fully saturated rings. The second kappa shape index (κ2) is 6.73. The predicted molar refractivity (Wildman–Crippen MR) is 77.7 cm³/mol. The third-order valence-corrected chi connectivity index (χ3v) is 3.90. The number of carbonyl (C=O) groups is 1. The van der Waals surface area contributed by atoms with E-state index in [0.717, 1.165) is 31.7 Å². The summed E-state index contributed by atoms with van der Waals surface area (Å²) in [6.45, 7) is 1.61. The fourth-order valence-corrected chi connectivity index (χ4v) is 2.59. The van der Waals surface area contributed by atoms with Crippen LogP contribution in [0.5, 0.6) is 0 Å². The van der Waals surface area contributed by atoms with Crippen molar-refractivity contribution >= 4 is 23.3 Å². The maximum atomic E-state index is 12.5. The summed E-state index contributed by atoms with van der Waals surface area (Å²) in [5.74, 6) is -0.159. The molecule has 0 bridgehead atoms. The summed E-state index contributed by atoms with van der Waals surface area (Å²) < 4.78 is 37.6. The molecule has 1 saturated carbocycles. The summed E-state index contributed by atoms with van der Waals surface area (Å²) in [6.07, 6.45) is 0.296. The van der Waals surface area contributed by atoms with E-state index in [4.69, 9.17) is 11.6 Å². The topological polar surface area (TPSA) is 54.0 Å². The molecule has 22 heavy (non-hydrogen) atoms. The number of hydrogen-bond acceptors (Lipinski definition) is 3. The number of nitrogens with zero attached hydrogens (tertiary/aromatic N) is 1. The molecule has 1 atom stereocenters. The summed E-state index contributed by atoms with van der Waals surface area (Å²) in [6, 6.07) is 0.327. The SMILES string of the molecule is CC(Nc1ncc(C(F)(F)F)cc1Cl)C(=O)NC1CCCC1. The number of rotatable bonds is 4. The molecule has 0 saturated heterocycles. The van der Waals surface area contributed by atoms with Crippen LogP contribution in [-0.4, -0.2) is 23.0 Å². The van der Waals surface area contributed by atoms with Gasteiger partial charge in [-0.3, -0.25) is 4.79 Å². The van der Waals surface area contributed by atoms with Crippen molar-refractivity contribution in [2.45, 2.75) is 50.9 Å². The smallest absolute Gasteiger partial charge is 0.357 e. The van der Waals surface area contributed by atoms with Gasteiger partial charge in [-0.05, 0) is 25.8 Å². The van der Waals surface area contributed by atoms with Gasteiger partial charge in [0.1, 0.15) is 11.9 Å². The normalized spacial score (nSPS) is 17.3. The fourth-order valence-electron chi connectivity index (χ4n) is 2.37. The lowest BCUT2D eigenvalue weighted by atomic mass is 10.2. The first-order valence-corrected chi connectivity index (χ1v) is 7.45. The highest BCUT2D eigenvalue weighted by Gasteiger charge is 2.32. The molecule has 4 nitrogen and oxygen atoms in total. The Morgan fingerprint density at radius 1 is 1.41 bits per heavy atom. The lowest BCUT2D eigenvalue weighted by Gasteiger charge is -2.19. The number of nitrogens with one attached hydrogen (secondary N) is 2. The fraction of sp³-hybridized carbons (Fsp3) is 0.571. The van der Waals surface area contributed by atoms with Crippen molar-refractivity contribution in [3.05, 3.63) is 22.8 Å². The summed E-state index contributed by atoms with van der Waals surface area (Å²) in [5, 5.41) is 5.47. The number of anilines is 1. The molecule has 1 amide bonds. The third-order valence-electron chi connectivity index (χ3n) is 3.62. The van der Waals surface area contributed by atoms with Gasteiger partial charge >= 0.3 is 6.18 Å². The minimum Gasteiger partial charge on any atom is -0.357 e. The van der Waals surface area contributed by atoms with Crippen molar-refractivity contribution < 1.29 is 18.0 Å². The molecule has 1 unspecified atom stereocenters. The standard InChI is InChI=1S/C14H17ClF3N3O/c1-8(13(22)21-10-4-2-3-5-10)20-12-11(15)6-9(7-19-12)14(16,17)18/h6-8,10H,2-5H2,1H3,(H,19,20)(H,21,22). The van der Waals surface area contributed by atoms with E-state index < -0.39 is 17.8 Å². The van der Waals surface area contributed by atoms with Crippen molar-refractivity contribution in [1.82, 2.24) is 10.3 Å². The molecular weight excluding hydrogens is 319 g/mol. The van der Waals surface area contributed by atoms with Crippen LogP contribution in [0.25, 0.3) is 0 Å². The van der Waals surface area contributed by atoms with E-state index in [-0.39, 0.29) is 22.8 Å². The van der Waals surface area contributed by atoms with Crippen LogP contribution in [0.1, 0.15) is 38.2 Å². The molecule has 1 aliphatic rings. The van der Waals surface area contributed by atoms with Crippen molar-refractivity contribution in [2.75, 3.05) is 5.32 Å². The van der Waals surface area contributed by atoms with Gasteiger partial charge in [0.25, 0.3) is 0 Å². The summed E-state index contributed by atoms with van der Waals surface area (Å²) in [5.41, 5.74) is -0.925. The van der Waals surface area contributed by atoms with E-state index >= 15 is 0 Å². The van der Waals surface area contributed by atoms with Crippen LogP contribution in [0.3, 0.4) is 0 Å². The molecule has 0 radical (unpaired) electrons. The Hall–Kier alpha value is -1.50. The van der Waals surface area contributed by atoms with E-state index in [0.29, 0.717) is 6.20 Å². The van der Waals surface area contributed by atoms with Crippen molar-refractivity contribution in [1.29, 1.82) is 0 Å². The Balaban J connectivity index is 1.98. The van der Waals surface area contributed by atoms with E-state index in [2.05, 4.69) is 15.6 Å². The monoisotopic (exact) mass is 335 g/mol. The number of carbonyl (C=O) groups excluding carboxylic acids is 1. The zero-order valence-corrected chi connectivity index (χ0v) is 12.8. The third kappa shape index (κ3) is 4.25. The Morgan fingerprint density at radius 3 is 2.59 bits per heavy atom. The van der Waals surface area contributed by atoms with Gasteiger partial charge in [0.15, 0.2) is 0 Å². The van der Waals surface area contributed by atoms with Crippen LogP contribution in [0, 0.1) is 0 Å². The Kier molecular flexibility index (Phi) is 5.16. The molecule has 2 N–H and O–H groups in total. The first-order chi connectivity index (χ1) is 10.3. The van der Waals surface area contributed by atoms with Gasteiger partial charge in [-0.25, -0.2) is 4.98 Å². The average Bonchev–Trinajstić information content (AvgIpc) is 2.92. The van der Waals surface area contributed by atoms with Crippen molar-refractivity contribution in [3.8, 4) is 0 Å². The number of halogens is 4. The molecule has 1 heterocycles. The summed E-state index contributed by atoms with van der Waals surface area (Å²) >= 11 is 5.80. The van der Waals surface area contributed by atoms with E-state index in [1.807, 2.05) is 0 Å². The van der Waals surface area contributed by atoms with Gasteiger partial charge in [0.2, 0.25) is 5.91 Å². The Labute approximate surface area is 131 Å². The van der Waals surface area contributed by atoms with Crippen LogP contribution >= 0.6 is 11.6 Å². The van der Waals surface area contributed by atoms with Crippen LogP contribution in [0.15, 0.2) is 12.3 Å². The molecule has 2 rings (SSSR count). The molecule has 1 aromatic rings. The van der Waals surface area contributed by atoms with Gasteiger partial charge in [-0.2, -0.15) is 13.2 Å². The maximum absolute atomic E-state index is 12.5. The Bertz CT molecular complexity index is 545. The van der Waals surface area contributed by atoms with Crippen LogP contribution < -0.4 is 10.6 Å². The second-order valence-corrected chi connectivity index (χ2v) is 5.82. The highest BCUT2D eigenvalue weighted by molar-refractivity contribution is 6.33. The van der Waals surface area contributed by atoms with Crippen molar-refractivity contribution in [2.24, 2.45) is 0 Å². The average molecular weight is 336 g/mol. The molecule has 122 valence electrons.